The minimum atomic E-state index is -1.04. The summed E-state index contributed by atoms with van der Waals surface area (Å²) in [6.45, 7) is 5.97. The van der Waals surface area contributed by atoms with Crippen molar-refractivity contribution < 1.29 is 24.2 Å². The van der Waals surface area contributed by atoms with E-state index in [4.69, 9.17) is 4.74 Å². The second kappa shape index (κ2) is 11.9. The fourth-order valence-corrected chi connectivity index (χ4v) is 4.77. The van der Waals surface area contributed by atoms with Gasteiger partial charge in [0.25, 0.3) is 0 Å². The van der Waals surface area contributed by atoms with Gasteiger partial charge in [0, 0.05) is 12.5 Å². The standard InChI is InChI=1S/C28H36N2O5/c1-4-7-16-24(25(31)32)30-26(33)28(5-2,6-3)18-29-27(34)35-17-23-21-14-10-8-12-19(21)20-13-9-11-15-22(20)23/h8-15,23-24H,4-7,16-18H2,1-3H3,(H,29,34)(H,30,33)(H,31,32). The lowest BCUT2D eigenvalue weighted by atomic mass is 9.81. The number of carbonyl (C=O) groups is 3. The highest BCUT2D eigenvalue weighted by molar-refractivity contribution is 5.88. The van der Waals surface area contributed by atoms with Crippen LogP contribution in [-0.2, 0) is 14.3 Å². The third-order valence-electron chi connectivity index (χ3n) is 7.20. The summed E-state index contributed by atoms with van der Waals surface area (Å²) >= 11 is 0. The molecular formula is C28H36N2O5. The zero-order chi connectivity index (χ0) is 25.4. The molecule has 0 radical (unpaired) electrons. The number of fused-ring (bicyclic) bond motifs is 3. The van der Waals surface area contributed by atoms with Crippen LogP contribution in [-0.4, -0.2) is 42.3 Å². The number of benzene rings is 2. The summed E-state index contributed by atoms with van der Waals surface area (Å²) in [5, 5.41) is 14.9. The van der Waals surface area contributed by atoms with Crippen LogP contribution in [0.1, 0.15) is 69.9 Å². The highest BCUT2D eigenvalue weighted by Crippen LogP contribution is 2.44. The molecule has 1 aliphatic rings. The molecule has 1 aliphatic carbocycles. The van der Waals surface area contributed by atoms with E-state index in [1.807, 2.05) is 45.0 Å². The fraction of sp³-hybridized carbons (Fsp3) is 0.464. The number of nitrogens with one attached hydrogen (secondary N) is 2. The predicted molar refractivity (Wildman–Crippen MR) is 135 cm³/mol. The van der Waals surface area contributed by atoms with E-state index in [0.29, 0.717) is 25.7 Å². The second-order valence-corrected chi connectivity index (χ2v) is 9.17. The molecule has 3 N–H and O–H groups in total. The number of carboxylic acids is 1. The number of rotatable bonds is 12. The average Bonchev–Trinajstić information content (AvgIpc) is 3.19. The zero-order valence-corrected chi connectivity index (χ0v) is 20.8. The highest BCUT2D eigenvalue weighted by atomic mass is 16.5. The topological polar surface area (TPSA) is 105 Å². The second-order valence-electron chi connectivity index (χ2n) is 9.17. The molecule has 0 aliphatic heterocycles. The number of hydrogen-bond acceptors (Lipinski definition) is 4. The molecule has 0 aromatic heterocycles. The molecule has 188 valence electrons. The van der Waals surface area contributed by atoms with E-state index in [0.717, 1.165) is 28.7 Å². The van der Waals surface area contributed by atoms with Crippen LogP contribution in [0.3, 0.4) is 0 Å². The fourth-order valence-electron chi connectivity index (χ4n) is 4.77. The smallest absolute Gasteiger partial charge is 0.407 e. The van der Waals surface area contributed by atoms with Crippen LogP contribution >= 0.6 is 0 Å². The van der Waals surface area contributed by atoms with Crippen molar-refractivity contribution in [3.8, 4) is 11.1 Å². The molecule has 35 heavy (non-hydrogen) atoms. The molecule has 1 atom stereocenters. The molecule has 2 aromatic rings. The van der Waals surface area contributed by atoms with Gasteiger partial charge in [-0.15, -0.1) is 0 Å². The molecule has 0 heterocycles. The zero-order valence-electron chi connectivity index (χ0n) is 20.8. The summed E-state index contributed by atoms with van der Waals surface area (Å²) in [6.07, 6.45) is 2.25. The van der Waals surface area contributed by atoms with E-state index in [1.54, 1.807) is 0 Å². The Labute approximate surface area is 207 Å². The van der Waals surface area contributed by atoms with Gasteiger partial charge >= 0.3 is 12.1 Å². The van der Waals surface area contributed by atoms with Crippen LogP contribution < -0.4 is 10.6 Å². The first-order chi connectivity index (χ1) is 16.9. The van der Waals surface area contributed by atoms with Crippen molar-refractivity contribution in [1.29, 1.82) is 0 Å². The lowest BCUT2D eigenvalue weighted by molar-refractivity contribution is -0.144. The maximum atomic E-state index is 13.1. The third-order valence-corrected chi connectivity index (χ3v) is 7.20. The Balaban J connectivity index is 1.62. The Morgan fingerprint density at radius 2 is 1.54 bits per heavy atom. The minimum Gasteiger partial charge on any atom is -0.480 e. The number of aliphatic carboxylic acids is 1. The summed E-state index contributed by atoms with van der Waals surface area (Å²) in [4.78, 5) is 37.3. The first-order valence-electron chi connectivity index (χ1n) is 12.5. The van der Waals surface area contributed by atoms with Gasteiger partial charge in [-0.05, 0) is 41.5 Å². The van der Waals surface area contributed by atoms with Crippen LogP contribution in [0.25, 0.3) is 11.1 Å². The highest BCUT2D eigenvalue weighted by Gasteiger charge is 2.37. The summed E-state index contributed by atoms with van der Waals surface area (Å²) in [5.41, 5.74) is 3.65. The van der Waals surface area contributed by atoms with Gasteiger partial charge in [0.1, 0.15) is 12.6 Å². The van der Waals surface area contributed by atoms with Gasteiger partial charge in [-0.1, -0.05) is 82.1 Å². The summed E-state index contributed by atoms with van der Waals surface area (Å²) < 4.78 is 5.60. The number of unbranched alkanes of at least 4 members (excludes halogenated alkanes) is 1. The number of alkyl carbamates (subject to hydrolysis) is 1. The molecule has 0 spiro atoms. The monoisotopic (exact) mass is 480 g/mol. The van der Waals surface area contributed by atoms with Gasteiger partial charge in [-0.2, -0.15) is 0 Å². The molecule has 2 amide bonds. The lowest BCUT2D eigenvalue weighted by Gasteiger charge is -2.31. The van der Waals surface area contributed by atoms with Gasteiger partial charge in [-0.3, -0.25) is 4.79 Å². The Morgan fingerprint density at radius 1 is 0.971 bits per heavy atom. The first kappa shape index (κ1) is 26.3. The van der Waals surface area contributed by atoms with Crippen LogP contribution in [0.5, 0.6) is 0 Å². The van der Waals surface area contributed by atoms with Gasteiger partial charge in [0.2, 0.25) is 5.91 Å². The normalized spacial score (nSPS) is 13.5. The molecule has 2 aromatic carbocycles. The Morgan fingerprint density at radius 3 is 2.06 bits per heavy atom. The molecule has 1 unspecified atom stereocenters. The lowest BCUT2D eigenvalue weighted by Crippen LogP contribution is -2.52. The molecule has 0 saturated heterocycles. The molecule has 7 nitrogen and oxygen atoms in total. The largest absolute Gasteiger partial charge is 0.480 e. The Bertz CT molecular complexity index is 1000. The SMILES string of the molecule is CCCCC(NC(=O)C(CC)(CC)CNC(=O)OCC1c2ccccc2-c2ccccc21)C(=O)O. The summed E-state index contributed by atoms with van der Waals surface area (Å²) in [5.74, 6) is -1.45. The van der Waals surface area contributed by atoms with Crippen LogP contribution in [0.15, 0.2) is 48.5 Å². The number of carboxylic acid groups (broad SMARTS) is 1. The Kier molecular flexibility index (Phi) is 8.90. The summed E-state index contributed by atoms with van der Waals surface area (Å²) in [6, 6.07) is 15.3. The van der Waals surface area contributed by atoms with E-state index in [9.17, 15) is 19.5 Å². The van der Waals surface area contributed by atoms with E-state index in [-0.39, 0.29) is 25.0 Å². The molecule has 0 saturated carbocycles. The van der Waals surface area contributed by atoms with Crippen molar-refractivity contribution in [3.05, 3.63) is 59.7 Å². The van der Waals surface area contributed by atoms with Crippen molar-refractivity contribution >= 4 is 18.0 Å². The molecule has 0 fully saturated rings. The predicted octanol–water partition coefficient (Wildman–Crippen LogP) is 5.09. The average molecular weight is 481 g/mol. The quantitative estimate of drug-likeness (QED) is 0.392. The first-order valence-corrected chi connectivity index (χ1v) is 12.5. The number of ether oxygens (including phenoxy) is 1. The van der Waals surface area contributed by atoms with Gasteiger partial charge in [-0.25, -0.2) is 9.59 Å². The van der Waals surface area contributed by atoms with E-state index >= 15 is 0 Å². The van der Waals surface area contributed by atoms with E-state index in [1.165, 1.54) is 0 Å². The van der Waals surface area contributed by atoms with Gasteiger partial charge in [0.05, 0.1) is 5.41 Å². The van der Waals surface area contributed by atoms with Gasteiger partial charge in [0.15, 0.2) is 0 Å². The Hall–Kier alpha value is -3.35. The van der Waals surface area contributed by atoms with Crippen molar-refractivity contribution in [1.82, 2.24) is 10.6 Å². The van der Waals surface area contributed by atoms with Crippen LogP contribution in [0.2, 0.25) is 0 Å². The van der Waals surface area contributed by atoms with Gasteiger partial charge < -0.3 is 20.5 Å². The molecular weight excluding hydrogens is 444 g/mol. The molecule has 0 bridgehead atoms. The van der Waals surface area contributed by atoms with Crippen LogP contribution in [0, 0.1) is 5.41 Å². The van der Waals surface area contributed by atoms with Crippen LogP contribution in [0.4, 0.5) is 4.79 Å². The van der Waals surface area contributed by atoms with Crippen molar-refractivity contribution in [3.63, 3.8) is 0 Å². The molecule has 3 rings (SSSR count). The van der Waals surface area contributed by atoms with Crippen molar-refractivity contribution in [2.45, 2.75) is 64.8 Å². The maximum Gasteiger partial charge on any atom is 0.407 e. The number of carbonyl (C=O) groups excluding carboxylic acids is 2. The van der Waals surface area contributed by atoms with E-state index in [2.05, 4.69) is 34.9 Å². The molecule has 7 heteroatoms. The van der Waals surface area contributed by atoms with E-state index < -0.39 is 23.5 Å². The van der Waals surface area contributed by atoms with Crippen molar-refractivity contribution in [2.24, 2.45) is 5.41 Å². The number of hydrogen-bond donors (Lipinski definition) is 3. The third kappa shape index (κ3) is 5.84. The van der Waals surface area contributed by atoms with Crippen molar-refractivity contribution in [2.75, 3.05) is 13.2 Å². The maximum absolute atomic E-state index is 13.1. The minimum absolute atomic E-state index is 0.0477. The summed E-state index contributed by atoms with van der Waals surface area (Å²) in [7, 11) is 0. The number of amides is 2.